The van der Waals surface area contributed by atoms with Crippen LogP contribution in [0.25, 0.3) is 0 Å². The molecule has 1 aromatic carbocycles. The van der Waals surface area contributed by atoms with Gasteiger partial charge in [0.25, 0.3) is 0 Å². The summed E-state index contributed by atoms with van der Waals surface area (Å²) >= 11 is 0. The summed E-state index contributed by atoms with van der Waals surface area (Å²) in [5, 5.41) is 2.83. The Morgan fingerprint density at radius 2 is 2.15 bits per heavy atom. The number of benzene rings is 1. The second-order valence-corrected chi connectivity index (χ2v) is 5.41. The summed E-state index contributed by atoms with van der Waals surface area (Å²) in [6.45, 7) is 5.14. The van der Waals surface area contributed by atoms with E-state index in [1.807, 2.05) is 32.0 Å². The Labute approximate surface area is 120 Å². The minimum atomic E-state index is -0.361. The topological polar surface area (TPSA) is 49.4 Å². The number of carbonyl (C=O) groups excluding carboxylic acids is 2. The maximum absolute atomic E-state index is 12.5. The number of nitrogens with one attached hydrogen (secondary N) is 1. The molecule has 108 valence electrons. The van der Waals surface area contributed by atoms with Gasteiger partial charge in [0.2, 0.25) is 11.8 Å². The van der Waals surface area contributed by atoms with Gasteiger partial charge in [-0.3, -0.25) is 9.59 Å². The monoisotopic (exact) mass is 274 g/mol. The average Bonchev–Trinajstić information content (AvgIpc) is 2.53. The SMILES string of the molecule is CCCC1NC(=O)CCN(Cc2cccc(C)c2)C1=O. The molecule has 0 radical (unpaired) electrons. The molecule has 0 aliphatic carbocycles. The molecule has 1 aliphatic heterocycles. The fourth-order valence-electron chi connectivity index (χ4n) is 2.57. The largest absolute Gasteiger partial charge is 0.344 e. The van der Waals surface area contributed by atoms with Crippen LogP contribution < -0.4 is 5.32 Å². The van der Waals surface area contributed by atoms with Crippen molar-refractivity contribution < 1.29 is 9.59 Å². The molecule has 1 heterocycles. The molecule has 1 N–H and O–H groups in total. The van der Waals surface area contributed by atoms with Crippen molar-refractivity contribution in [3.8, 4) is 0 Å². The average molecular weight is 274 g/mol. The molecule has 4 heteroatoms. The molecule has 1 aromatic rings. The van der Waals surface area contributed by atoms with E-state index in [1.165, 1.54) is 5.56 Å². The normalized spacial score (nSPS) is 19.7. The summed E-state index contributed by atoms with van der Waals surface area (Å²) in [4.78, 5) is 26.0. The van der Waals surface area contributed by atoms with Gasteiger partial charge in [-0.15, -0.1) is 0 Å². The van der Waals surface area contributed by atoms with Gasteiger partial charge in [-0.1, -0.05) is 43.2 Å². The van der Waals surface area contributed by atoms with E-state index < -0.39 is 0 Å². The highest BCUT2D eigenvalue weighted by Crippen LogP contribution is 2.13. The molecule has 0 aromatic heterocycles. The first-order valence-electron chi connectivity index (χ1n) is 7.24. The quantitative estimate of drug-likeness (QED) is 0.913. The van der Waals surface area contributed by atoms with Crippen LogP contribution in [0.2, 0.25) is 0 Å². The van der Waals surface area contributed by atoms with Crippen molar-refractivity contribution in [3.05, 3.63) is 35.4 Å². The number of nitrogens with zero attached hydrogens (tertiary/aromatic N) is 1. The highest BCUT2D eigenvalue weighted by Gasteiger charge is 2.28. The van der Waals surface area contributed by atoms with Crippen molar-refractivity contribution in [2.45, 2.75) is 45.7 Å². The predicted octanol–water partition coefficient (Wildman–Crippen LogP) is 2.01. The molecule has 0 saturated carbocycles. The number of hydrogen-bond acceptors (Lipinski definition) is 2. The standard InChI is InChI=1S/C16H22N2O2/c1-3-5-14-16(20)18(9-8-15(19)17-14)11-13-7-4-6-12(2)10-13/h4,6-7,10,14H,3,5,8-9,11H2,1-2H3,(H,17,19). The summed E-state index contributed by atoms with van der Waals surface area (Å²) in [6.07, 6.45) is 1.97. The van der Waals surface area contributed by atoms with Gasteiger partial charge in [0, 0.05) is 19.5 Å². The molecule has 0 spiro atoms. The summed E-state index contributed by atoms with van der Waals surface area (Å²) in [5.41, 5.74) is 2.30. The molecule has 0 bridgehead atoms. The molecule has 20 heavy (non-hydrogen) atoms. The van der Waals surface area contributed by atoms with E-state index >= 15 is 0 Å². The van der Waals surface area contributed by atoms with Crippen LogP contribution in [-0.2, 0) is 16.1 Å². The van der Waals surface area contributed by atoms with E-state index in [-0.39, 0.29) is 17.9 Å². The lowest BCUT2D eigenvalue weighted by Gasteiger charge is -2.24. The number of aryl methyl sites for hydroxylation is 1. The Morgan fingerprint density at radius 3 is 2.85 bits per heavy atom. The molecule has 1 saturated heterocycles. The third-order valence-electron chi connectivity index (χ3n) is 3.59. The lowest BCUT2D eigenvalue weighted by molar-refractivity contribution is -0.134. The van der Waals surface area contributed by atoms with Crippen molar-refractivity contribution in [3.63, 3.8) is 0 Å². The highest BCUT2D eigenvalue weighted by molar-refractivity contribution is 5.89. The van der Waals surface area contributed by atoms with Gasteiger partial charge in [0.15, 0.2) is 0 Å². The van der Waals surface area contributed by atoms with Crippen LogP contribution in [-0.4, -0.2) is 29.3 Å². The molecule has 4 nitrogen and oxygen atoms in total. The van der Waals surface area contributed by atoms with Crippen molar-refractivity contribution in [2.24, 2.45) is 0 Å². The van der Waals surface area contributed by atoms with Gasteiger partial charge in [-0.05, 0) is 18.9 Å². The van der Waals surface area contributed by atoms with Gasteiger partial charge >= 0.3 is 0 Å². The Bertz CT molecular complexity index is 499. The van der Waals surface area contributed by atoms with Crippen molar-refractivity contribution in [1.82, 2.24) is 10.2 Å². The minimum absolute atomic E-state index is 0.0245. The van der Waals surface area contributed by atoms with Gasteiger partial charge in [0.05, 0.1) is 0 Å². The Kier molecular flexibility index (Phi) is 4.77. The zero-order valence-electron chi connectivity index (χ0n) is 12.2. The van der Waals surface area contributed by atoms with Crippen molar-refractivity contribution >= 4 is 11.8 Å². The summed E-state index contributed by atoms with van der Waals surface area (Å²) in [6, 6.07) is 7.79. The van der Waals surface area contributed by atoms with Crippen LogP contribution in [0.5, 0.6) is 0 Å². The third-order valence-corrected chi connectivity index (χ3v) is 3.59. The molecular formula is C16H22N2O2. The maximum atomic E-state index is 12.5. The summed E-state index contributed by atoms with van der Waals surface area (Å²) in [7, 11) is 0. The zero-order chi connectivity index (χ0) is 14.5. The van der Waals surface area contributed by atoms with Gasteiger partial charge in [0.1, 0.15) is 6.04 Å². The zero-order valence-corrected chi connectivity index (χ0v) is 12.2. The summed E-state index contributed by atoms with van der Waals surface area (Å²) < 4.78 is 0. The van der Waals surface area contributed by atoms with E-state index in [0.29, 0.717) is 25.9 Å². The van der Waals surface area contributed by atoms with E-state index in [4.69, 9.17) is 0 Å². The van der Waals surface area contributed by atoms with E-state index in [0.717, 1.165) is 12.0 Å². The first-order chi connectivity index (χ1) is 9.60. The highest BCUT2D eigenvalue weighted by atomic mass is 16.2. The Balaban J connectivity index is 2.12. The molecule has 1 fully saturated rings. The first kappa shape index (κ1) is 14.6. The number of amides is 2. The Morgan fingerprint density at radius 1 is 1.35 bits per heavy atom. The van der Waals surface area contributed by atoms with Crippen LogP contribution in [0.3, 0.4) is 0 Å². The van der Waals surface area contributed by atoms with E-state index in [1.54, 1.807) is 4.90 Å². The van der Waals surface area contributed by atoms with Crippen molar-refractivity contribution in [1.29, 1.82) is 0 Å². The lowest BCUT2D eigenvalue weighted by atomic mass is 10.1. The molecular weight excluding hydrogens is 252 g/mol. The second-order valence-electron chi connectivity index (χ2n) is 5.41. The molecule has 1 unspecified atom stereocenters. The van der Waals surface area contributed by atoms with Crippen LogP contribution in [0.1, 0.15) is 37.3 Å². The smallest absolute Gasteiger partial charge is 0.245 e. The number of carbonyl (C=O) groups is 2. The van der Waals surface area contributed by atoms with Crippen molar-refractivity contribution in [2.75, 3.05) is 6.54 Å². The number of hydrogen-bond donors (Lipinski definition) is 1. The predicted molar refractivity (Wildman–Crippen MR) is 78.1 cm³/mol. The minimum Gasteiger partial charge on any atom is -0.344 e. The van der Waals surface area contributed by atoms with Crippen LogP contribution in [0.15, 0.2) is 24.3 Å². The molecule has 1 atom stereocenters. The molecule has 1 aliphatic rings. The van der Waals surface area contributed by atoms with Crippen LogP contribution in [0, 0.1) is 6.92 Å². The summed E-state index contributed by atoms with van der Waals surface area (Å²) in [5.74, 6) is 0.0164. The van der Waals surface area contributed by atoms with Crippen LogP contribution in [0.4, 0.5) is 0 Å². The van der Waals surface area contributed by atoms with Gasteiger partial charge < -0.3 is 10.2 Å². The fraction of sp³-hybridized carbons (Fsp3) is 0.500. The van der Waals surface area contributed by atoms with Gasteiger partial charge in [-0.2, -0.15) is 0 Å². The third kappa shape index (κ3) is 3.59. The molecule has 2 rings (SSSR count). The number of rotatable bonds is 4. The van der Waals surface area contributed by atoms with Gasteiger partial charge in [-0.25, -0.2) is 0 Å². The fourth-order valence-corrected chi connectivity index (χ4v) is 2.57. The van der Waals surface area contributed by atoms with Crippen LogP contribution >= 0.6 is 0 Å². The lowest BCUT2D eigenvalue weighted by Crippen LogP contribution is -2.44. The maximum Gasteiger partial charge on any atom is 0.245 e. The molecule has 2 amide bonds. The first-order valence-corrected chi connectivity index (χ1v) is 7.24. The van der Waals surface area contributed by atoms with E-state index in [9.17, 15) is 9.59 Å². The second kappa shape index (κ2) is 6.55. The van der Waals surface area contributed by atoms with E-state index in [2.05, 4.69) is 11.4 Å². The Hall–Kier alpha value is -1.84.